The van der Waals surface area contributed by atoms with Gasteiger partial charge in [-0.3, -0.25) is 9.78 Å². The molecule has 1 aromatic carbocycles. The van der Waals surface area contributed by atoms with Gasteiger partial charge in [-0.15, -0.1) is 0 Å². The Kier molecular flexibility index (Phi) is 4.92. The zero-order valence-electron chi connectivity index (χ0n) is 16.7. The average molecular weight is 411 g/mol. The first-order valence-electron chi connectivity index (χ1n) is 10.2. The lowest BCUT2D eigenvalue weighted by Crippen LogP contribution is -2.42. The van der Waals surface area contributed by atoms with Gasteiger partial charge in [0.2, 0.25) is 5.88 Å². The van der Waals surface area contributed by atoms with E-state index in [-0.39, 0.29) is 11.8 Å². The van der Waals surface area contributed by atoms with Gasteiger partial charge in [-0.05, 0) is 36.4 Å². The monoisotopic (exact) mass is 411 g/mol. The third kappa shape index (κ3) is 4.02. The fourth-order valence-electron chi connectivity index (χ4n) is 3.70. The van der Waals surface area contributed by atoms with Crippen LogP contribution in [0.25, 0.3) is 22.0 Å². The van der Waals surface area contributed by atoms with E-state index in [0.717, 1.165) is 40.7 Å². The molecule has 154 valence electrons. The second kappa shape index (κ2) is 8.02. The maximum absolute atomic E-state index is 11.2. The number of fused-ring (bicyclic) bond motifs is 1. The minimum Gasteiger partial charge on any atom is -0.474 e. The summed E-state index contributed by atoms with van der Waals surface area (Å²) in [5.74, 6) is 0.882. The first-order valence-corrected chi connectivity index (χ1v) is 10.2. The molecule has 0 bridgehead atoms. The molecule has 0 unspecified atom stereocenters. The highest BCUT2D eigenvalue weighted by Crippen LogP contribution is 2.33. The predicted octanol–water partition coefficient (Wildman–Crippen LogP) is 3.81. The highest BCUT2D eigenvalue weighted by atomic mass is 16.5. The van der Waals surface area contributed by atoms with E-state index in [1.54, 1.807) is 24.5 Å². The largest absolute Gasteiger partial charge is 0.474 e. The number of nitrogens with two attached hydrogens (primary N) is 1. The summed E-state index contributed by atoms with van der Waals surface area (Å²) in [6.45, 7) is 0. The van der Waals surface area contributed by atoms with Gasteiger partial charge in [0.25, 0.3) is 5.91 Å². The summed E-state index contributed by atoms with van der Waals surface area (Å²) in [5.41, 5.74) is 8.13. The number of amides is 1. The van der Waals surface area contributed by atoms with Gasteiger partial charge in [0, 0.05) is 47.8 Å². The molecule has 3 N–H and O–H groups in total. The Morgan fingerprint density at radius 2 is 1.87 bits per heavy atom. The van der Waals surface area contributed by atoms with Crippen molar-refractivity contribution in [2.75, 3.05) is 5.32 Å². The third-order valence-corrected chi connectivity index (χ3v) is 5.42. The van der Waals surface area contributed by atoms with Crippen molar-refractivity contribution in [3.8, 4) is 17.0 Å². The van der Waals surface area contributed by atoms with E-state index >= 15 is 0 Å². The Morgan fingerprint density at radius 1 is 1.00 bits per heavy atom. The number of primary amides is 1. The number of rotatable bonds is 6. The van der Waals surface area contributed by atoms with Crippen LogP contribution in [0.5, 0.6) is 5.88 Å². The van der Waals surface area contributed by atoms with Crippen LogP contribution in [0.2, 0.25) is 0 Å². The third-order valence-electron chi connectivity index (χ3n) is 5.42. The molecule has 1 saturated carbocycles. The van der Waals surface area contributed by atoms with Crippen molar-refractivity contribution in [2.24, 2.45) is 5.73 Å². The molecule has 3 aromatic heterocycles. The molecular weight excluding hydrogens is 390 g/mol. The Bertz CT molecular complexity index is 1240. The number of aromatic nitrogens is 3. The number of carbonyl (C=O) groups is 1. The Balaban J connectivity index is 1.23. The summed E-state index contributed by atoms with van der Waals surface area (Å²) >= 11 is 0. The minimum atomic E-state index is -0.553. The van der Waals surface area contributed by atoms with Gasteiger partial charge in [-0.1, -0.05) is 24.3 Å². The molecule has 0 radical (unpaired) electrons. The highest BCUT2D eigenvalue weighted by Gasteiger charge is 2.32. The van der Waals surface area contributed by atoms with E-state index in [9.17, 15) is 4.79 Å². The van der Waals surface area contributed by atoms with Gasteiger partial charge in [0.15, 0.2) is 0 Å². The van der Waals surface area contributed by atoms with Crippen molar-refractivity contribution in [3.05, 3.63) is 78.8 Å². The van der Waals surface area contributed by atoms with Gasteiger partial charge in [0.1, 0.15) is 17.6 Å². The quantitative estimate of drug-likeness (QED) is 0.500. The Hall–Kier alpha value is -4.00. The average Bonchev–Trinajstić information content (AvgIpc) is 2.78. The van der Waals surface area contributed by atoms with Crippen LogP contribution in [0.3, 0.4) is 0 Å². The van der Waals surface area contributed by atoms with Crippen molar-refractivity contribution < 1.29 is 9.53 Å². The number of carbonyl (C=O) groups excluding carboxylic acids is 1. The van der Waals surface area contributed by atoms with E-state index in [1.165, 1.54) is 0 Å². The Morgan fingerprint density at radius 3 is 2.68 bits per heavy atom. The zero-order valence-corrected chi connectivity index (χ0v) is 16.7. The zero-order chi connectivity index (χ0) is 21.2. The molecule has 0 aliphatic heterocycles. The number of nitrogens with zero attached hydrogens (tertiary/aromatic N) is 3. The lowest BCUT2D eigenvalue weighted by atomic mass is 9.89. The number of para-hydroxylation sites is 1. The molecule has 1 fully saturated rings. The molecule has 3 heterocycles. The molecule has 4 aromatic rings. The highest BCUT2D eigenvalue weighted by molar-refractivity contribution is 5.91. The minimum absolute atomic E-state index is 0.0736. The predicted molar refractivity (Wildman–Crippen MR) is 119 cm³/mol. The van der Waals surface area contributed by atoms with Gasteiger partial charge < -0.3 is 15.8 Å². The maximum Gasteiger partial charge on any atom is 0.267 e. The molecule has 7 heteroatoms. The number of anilines is 1. The number of hydrogen-bond acceptors (Lipinski definition) is 6. The van der Waals surface area contributed by atoms with Crippen LogP contribution in [0.4, 0.5) is 5.82 Å². The van der Waals surface area contributed by atoms with E-state index in [4.69, 9.17) is 10.5 Å². The van der Waals surface area contributed by atoms with Gasteiger partial charge >= 0.3 is 0 Å². The number of benzene rings is 1. The Labute approximate surface area is 179 Å². The molecule has 31 heavy (non-hydrogen) atoms. The second-order valence-electron chi connectivity index (χ2n) is 7.59. The lowest BCUT2D eigenvalue weighted by Gasteiger charge is -2.36. The van der Waals surface area contributed by atoms with Gasteiger partial charge in [-0.25, -0.2) is 9.97 Å². The van der Waals surface area contributed by atoms with E-state index < -0.39 is 5.91 Å². The van der Waals surface area contributed by atoms with E-state index in [0.29, 0.717) is 11.9 Å². The van der Waals surface area contributed by atoms with Crippen molar-refractivity contribution in [1.29, 1.82) is 0 Å². The molecule has 1 amide bonds. The van der Waals surface area contributed by atoms with Crippen LogP contribution in [-0.4, -0.2) is 33.0 Å². The number of ether oxygens (including phenoxy) is 1. The summed E-state index contributed by atoms with van der Waals surface area (Å²) in [4.78, 5) is 24.4. The summed E-state index contributed by atoms with van der Waals surface area (Å²) in [6.07, 6.45) is 5.12. The maximum atomic E-state index is 11.2. The summed E-state index contributed by atoms with van der Waals surface area (Å²) in [5, 5.41) is 4.61. The summed E-state index contributed by atoms with van der Waals surface area (Å²) < 4.78 is 6.16. The fourth-order valence-corrected chi connectivity index (χ4v) is 3.70. The smallest absolute Gasteiger partial charge is 0.267 e. The fraction of sp³-hybridized carbons (Fsp3) is 0.167. The molecule has 0 atom stereocenters. The standard InChI is InChI=1S/C24H21N5O2/c25-23(30)21-9-7-16(14-27-21)19-5-3-11-26-24(19)31-18-12-17(13-18)28-22-10-8-15-4-1-2-6-20(15)29-22/h1-11,14,17-18H,12-13H2,(H2,25,30)(H,28,29)/t17-,18-. The number of nitrogens with one attached hydrogen (secondary N) is 1. The molecule has 1 aliphatic rings. The molecule has 1 aliphatic carbocycles. The van der Waals surface area contributed by atoms with Crippen LogP contribution in [0.15, 0.2) is 73.1 Å². The van der Waals surface area contributed by atoms with E-state index in [1.807, 2.05) is 36.4 Å². The normalized spacial score (nSPS) is 17.7. The van der Waals surface area contributed by atoms with Crippen molar-refractivity contribution in [1.82, 2.24) is 15.0 Å². The second-order valence-corrected chi connectivity index (χ2v) is 7.59. The van der Waals surface area contributed by atoms with Crippen LogP contribution < -0.4 is 15.8 Å². The molecule has 5 rings (SSSR count). The van der Waals surface area contributed by atoms with Gasteiger partial charge in [0.05, 0.1) is 5.52 Å². The van der Waals surface area contributed by atoms with E-state index in [2.05, 4.69) is 32.4 Å². The first kappa shape index (κ1) is 19.0. The topological polar surface area (TPSA) is 103 Å². The molecule has 0 spiro atoms. The molecular formula is C24H21N5O2. The first-order chi connectivity index (χ1) is 15.2. The molecule has 0 saturated heterocycles. The SMILES string of the molecule is NC(=O)c1ccc(-c2cccnc2O[C@H]2C[C@H](Nc3ccc4ccccc4n3)C2)cn1. The number of hydrogen-bond donors (Lipinski definition) is 2. The number of pyridine rings is 3. The van der Waals surface area contributed by atoms with Crippen LogP contribution in [0, 0.1) is 0 Å². The molecule has 7 nitrogen and oxygen atoms in total. The lowest BCUT2D eigenvalue weighted by molar-refractivity contribution is 0.0995. The van der Waals surface area contributed by atoms with Crippen LogP contribution in [0.1, 0.15) is 23.3 Å². The van der Waals surface area contributed by atoms with Crippen molar-refractivity contribution in [3.63, 3.8) is 0 Å². The van der Waals surface area contributed by atoms with Crippen LogP contribution in [-0.2, 0) is 0 Å². The van der Waals surface area contributed by atoms with Crippen molar-refractivity contribution in [2.45, 2.75) is 25.0 Å². The van der Waals surface area contributed by atoms with Gasteiger partial charge in [-0.2, -0.15) is 0 Å². The van der Waals surface area contributed by atoms with Crippen LogP contribution >= 0.6 is 0 Å². The van der Waals surface area contributed by atoms with Crippen molar-refractivity contribution >= 4 is 22.6 Å². The summed E-state index contributed by atoms with van der Waals surface area (Å²) in [6, 6.07) is 19.7. The summed E-state index contributed by atoms with van der Waals surface area (Å²) in [7, 11) is 0.